The first-order valence-electron chi connectivity index (χ1n) is 7.75. The maximum absolute atomic E-state index is 12.1. The molecule has 0 aliphatic carbocycles. The Labute approximate surface area is 138 Å². The van der Waals surface area contributed by atoms with Gasteiger partial charge in [-0.25, -0.2) is 9.67 Å². The summed E-state index contributed by atoms with van der Waals surface area (Å²) in [5, 5.41) is 16.5. The molecule has 1 atom stereocenters. The van der Waals surface area contributed by atoms with Crippen molar-refractivity contribution in [3.63, 3.8) is 0 Å². The van der Waals surface area contributed by atoms with Gasteiger partial charge in [-0.15, -0.1) is 0 Å². The molecule has 3 heterocycles. The van der Waals surface area contributed by atoms with E-state index in [1.165, 1.54) is 16.9 Å². The number of aromatic hydroxyl groups is 1. The predicted molar refractivity (Wildman–Crippen MR) is 88.0 cm³/mol. The van der Waals surface area contributed by atoms with E-state index in [4.69, 9.17) is 0 Å². The van der Waals surface area contributed by atoms with E-state index in [9.17, 15) is 14.7 Å². The standard InChI is InChI=1S/C16H19N5O3/c1-20-14(23)7-12(9-19-20)21-6-4-11(10-21)8-18-16(24)15-13(22)3-2-5-17-15/h2-3,5,7,9,11,22H,4,6,8,10H2,1H3,(H,18,24)/t11-/m1/s1. The van der Waals surface area contributed by atoms with Crippen LogP contribution >= 0.6 is 0 Å². The van der Waals surface area contributed by atoms with Crippen LogP contribution < -0.4 is 15.8 Å². The molecule has 126 valence electrons. The molecule has 0 saturated carbocycles. The maximum atomic E-state index is 12.1. The summed E-state index contributed by atoms with van der Waals surface area (Å²) in [6, 6.07) is 4.57. The molecule has 0 aromatic carbocycles. The topological polar surface area (TPSA) is 100 Å². The number of aromatic nitrogens is 3. The molecule has 1 saturated heterocycles. The van der Waals surface area contributed by atoms with E-state index in [1.54, 1.807) is 25.4 Å². The summed E-state index contributed by atoms with van der Waals surface area (Å²) in [7, 11) is 1.61. The Balaban J connectivity index is 1.56. The molecule has 8 nitrogen and oxygen atoms in total. The van der Waals surface area contributed by atoms with E-state index in [-0.39, 0.29) is 28.8 Å². The zero-order valence-electron chi connectivity index (χ0n) is 13.3. The summed E-state index contributed by atoms with van der Waals surface area (Å²) in [6.07, 6.45) is 4.05. The van der Waals surface area contributed by atoms with Crippen LogP contribution in [0.25, 0.3) is 0 Å². The summed E-state index contributed by atoms with van der Waals surface area (Å²) in [4.78, 5) is 29.7. The molecule has 3 rings (SSSR count). The number of hydrogen-bond acceptors (Lipinski definition) is 6. The highest BCUT2D eigenvalue weighted by atomic mass is 16.3. The number of nitrogens with one attached hydrogen (secondary N) is 1. The summed E-state index contributed by atoms with van der Waals surface area (Å²) < 4.78 is 1.29. The van der Waals surface area contributed by atoms with Crippen LogP contribution in [0.4, 0.5) is 5.69 Å². The molecular weight excluding hydrogens is 310 g/mol. The van der Waals surface area contributed by atoms with Gasteiger partial charge in [0.05, 0.1) is 11.9 Å². The normalized spacial score (nSPS) is 17.0. The van der Waals surface area contributed by atoms with E-state index < -0.39 is 0 Å². The summed E-state index contributed by atoms with van der Waals surface area (Å²) in [5.41, 5.74) is 0.687. The lowest BCUT2D eigenvalue weighted by atomic mass is 10.1. The van der Waals surface area contributed by atoms with E-state index in [1.807, 2.05) is 0 Å². The lowest BCUT2D eigenvalue weighted by molar-refractivity contribution is 0.0940. The van der Waals surface area contributed by atoms with Crippen LogP contribution in [0.3, 0.4) is 0 Å². The second-order valence-electron chi connectivity index (χ2n) is 5.86. The molecule has 8 heteroatoms. The highest BCUT2D eigenvalue weighted by Gasteiger charge is 2.24. The van der Waals surface area contributed by atoms with Crippen molar-refractivity contribution in [2.75, 3.05) is 24.5 Å². The minimum atomic E-state index is -0.387. The number of carbonyl (C=O) groups excluding carboxylic acids is 1. The number of pyridine rings is 1. The van der Waals surface area contributed by atoms with E-state index in [2.05, 4.69) is 20.3 Å². The van der Waals surface area contributed by atoms with Gasteiger partial charge in [0.1, 0.15) is 5.75 Å². The first kappa shape index (κ1) is 16.0. The van der Waals surface area contributed by atoms with Gasteiger partial charge in [0.15, 0.2) is 5.69 Å². The first-order chi connectivity index (χ1) is 11.5. The Bertz CT molecular complexity index is 804. The van der Waals surface area contributed by atoms with Gasteiger partial charge in [0.2, 0.25) is 0 Å². The Morgan fingerprint density at radius 1 is 1.50 bits per heavy atom. The third-order valence-corrected chi connectivity index (χ3v) is 4.16. The molecule has 2 N–H and O–H groups in total. The molecule has 0 unspecified atom stereocenters. The van der Waals surface area contributed by atoms with Gasteiger partial charge in [-0.05, 0) is 24.5 Å². The molecule has 1 amide bonds. The van der Waals surface area contributed by atoms with Gasteiger partial charge >= 0.3 is 0 Å². The Kier molecular flexibility index (Phi) is 4.45. The van der Waals surface area contributed by atoms with E-state index in [0.717, 1.165) is 25.2 Å². The fourth-order valence-corrected chi connectivity index (χ4v) is 2.76. The Hall–Kier alpha value is -2.90. The highest BCUT2D eigenvalue weighted by molar-refractivity contribution is 5.94. The number of nitrogens with zero attached hydrogens (tertiary/aromatic N) is 4. The number of amides is 1. The number of anilines is 1. The minimum Gasteiger partial charge on any atom is -0.505 e. The zero-order chi connectivity index (χ0) is 17.1. The first-order valence-corrected chi connectivity index (χ1v) is 7.75. The second kappa shape index (κ2) is 6.69. The van der Waals surface area contributed by atoms with Crippen LogP contribution in [0.5, 0.6) is 5.75 Å². The summed E-state index contributed by atoms with van der Waals surface area (Å²) >= 11 is 0. The van der Waals surface area contributed by atoms with Crippen molar-refractivity contribution in [1.82, 2.24) is 20.1 Å². The molecule has 0 radical (unpaired) electrons. The van der Waals surface area contributed by atoms with Crippen LogP contribution in [0.2, 0.25) is 0 Å². The van der Waals surface area contributed by atoms with Crippen LogP contribution in [-0.4, -0.2) is 45.4 Å². The van der Waals surface area contributed by atoms with Gasteiger partial charge in [0.25, 0.3) is 11.5 Å². The summed E-state index contributed by atoms with van der Waals surface area (Å²) in [5.74, 6) is -0.250. The lowest BCUT2D eigenvalue weighted by Crippen LogP contribution is -2.32. The number of aryl methyl sites for hydroxylation is 1. The largest absolute Gasteiger partial charge is 0.505 e. The lowest BCUT2D eigenvalue weighted by Gasteiger charge is -2.18. The molecule has 1 fully saturated rings. The van der Waals surface area contributed by atoms with Gasteiger partial charge in [-0.1, -0.05) is 0 Å². The van der Waals surface area contributed by atoms with Crippen LogP contribution in [-0.2, 0) is 7.05 Å². The van der Waals surface area contributed by atoms with Gasteiger partial charge < -0.3 is 15.3 Å². The zero-order valence-corrected chi connectivity index (χ0v) is 13.3. The van der Waals surface area contributed by atoms with Crippen molar-refractivity contribution in [3.8, 4) is 5.75 Å². The predicted octanol–water partition coefficient (Wildman–Crippen LogP) is 0.137. The SMILES string of the molecule is Cn1ncc(N2CC[C@H](CNC(=O)c3ncccc3O)C2)cc1=O. The average molecular weight is 329 g/mol. The monoisotopic (exact) mass is 329 g/mol. The average Bonchev–Trinajstić information content (AvgIpc) is 3.04. The number of carbonyl (C=O) groups is 1. The number of rotatable bonds is 4. The molecular formula is C16H19N5O3. The molecule has 1 aliphatic rings. The molecule has 0 spiro atoms. The molecule has 1 aliphatic heterocycles. The van der Waals surface area contributed by atoms with Gasteiger partial charge in [0, 0.05) is 38.9 Å². The molecule has 24 heavy (non-hydrogen) atoms. The Morgan fingerprint density at radius 2 is 2.33 bits per heavy atom. The van der Waals surface area contributed by atoms with Crippen molar-refractivity contribution in [2.24, 2.45) is 13.0 Å². The van der Waals surface area contributed by atoms with Gasteiger partial charge in [-0.3, -0.25) is 9.59 Å². The maximum Gasteiger partial charge on any atom is 0.273 e. The van der Waals surface area contributed by atoms with Crippen molar-refractivity contribution in [2.45, 2.75) is 6.42 Å². The highest BCUT2D eigenvalue weighted by Crippen LogP contribution is 2.21. The Morgan fingerprint density at radius 3 is 3.08 bits per heavy atom. The summed E-state index contributed by atoms with van der Waals surface area (Å²) in [6.45, 7) is 2.04. The van der Waals surface area contributed by atoms with Crippen LogP contribution in [0.15, 0.2) is 35.4 Å². The fourth-order valence-electron chi connectivity index (χ4n) is 2.76. The van der Waals surface area contributed by atoms with Crippen LogP contribution in [0.1, 0.15) is 16.9 Å². The van der Waals surface area contributed by atoms with Crippen molar-refractivity contribution < 1.29 is 9.90 Å². The van der Waals surface area contributed by atoms with Gasteiger partial charge in [-0.2, -0.15) is 5.10 Å². The molecule has 0 bridgehead atoms. The number of hydrogen-bond donors (Lipinski definition) is 2. The minimum absolute atomic E-state index is 0.0307. The van der Waals surface area contributed by atoms with Crippen molar-refractivity contribution >= 4 is 11.6 Å². The third-order valence-electron chi connectivity index (χ3n) is 4.16. The quantitative estimate of drug-likeness (QED) is 0.827. The van der Waals surface area contributed by atoms with E-state index in [0.29, 0.717) is 6.54 Å². The smallest absolute Gasteiger partial charge is 0.273 e. The second-order valence-corrected chi connectivity index (χ2v) is 5.86. The molecule has 2 aromatic rings. The van der Waals surface area contributed by atoms with Crippen molar-refractivity contribution in [3.05, 3.63) is 46.6 Å². The van der Waals surface area contributed by atoms with Crippen LogP contribution in [0, 0.1) is 5.92 Å². The fraction of sp³-hybridized carbons (Fsp3) is 0.375. The van der Waals surface area contributed by atoms with Crippen molar-refractivity contribution in [1.29, 1.82) is 0 Å². The molecule has 2 aromatic heterocycles. The third kappa shape index (κ3) is 3.37. The van der Waals surface area contributed by atoms with E-state index >= 15 is 0 Å².